The van der Waals surface area contributed by atoms with Crippen LogP contribution in [0.4, 0.5) is 0 Å². The van der Waals surface area contributed by atoms with Crippen LogP contribution in [0.1, 0.15) is 39.5 Å². The fraction of sp³-hybridized carbons (Fsp3) is 0.933. The molecule has 3 rings (SSSR count). The maximum atomic E-state index is 12.0. The van der Waals surface area contributed by atoms with Gasteiger partial charge in [0.25, 0.3) is 0 Å². The molecule has 1 atom stereocenters. The van der Waals surface area contributed by atoms with Crippen molar-refractivity contribution in [3.8, 4) is 0 Å². The zero-order chi connectivity index (χ0) is 14.4. The van der Waals surface area contributed by atoms with E-state index in [0.29, 0.717) is 25.1 Å². The van der Waals surface area contributed by atoms with Crippen molar-refractivity contribution in [2.24, 2.45) is 5.92 Å². The molecule has 5 nitrogen and oxygen atoms in total. The number of hydrogen-bond acceptors (Lipinski definition) is 4. The van der Waals surface area contributed by atoms with Gasteiger partial charge >= 0.3 is 5.97 Å². The van der Waals surface area contributed by atoms with Crippen molar-refractivity contribution in [2.75, 3.05) is 26.2 Å². The van der Waals surface area contributed by atoms with Gasteiger partial charge < -0.3 is 9.84 Å². The van der Waals surface area contributed by atoms with Crippen LogP contribution in [0.25, 0.3) is 0 Å². The van der Waals surface area contributed by atoms with Crippen molar-refractivity contribution in [2.45, 2.75) is 56.7 Å². The van der Waals surface area contributed by atoms with Crippen LogP contribution in [0, 0.1) is 5.92 Å². The third-order valence-electron chi connectivity index (χ3n) is 4.67. The van der Waals surface area contributed by atoms with Crippen LogP contribution in [-0.4, -0.2) is 59.4 Å². The highest BCUT2D eigenvalue weighted by Crippen LogP contribution is 2.42. The maximum absolute atomic E-state index is 12.0. The van der Waals surface area contributed by atoms with Gasteiger partial charge in [-0.2, -0.15) is 0 Å². The number of aliphatic carboxylic acids is 1. The van der Waals surface area contributed by atoms with Crippen molar-refractivity contribution in [1.82, 2.24) is 10.2 Å². The van der Waals surface area contributed by atoms with E-state index in [9.17, 15) is 9.90 Å². The van der Waals surface area contributed by atoms with Gasteiger partial charge in [0.1, 0.15) is 5.54 Å². The van der Waals surface area contributed by atoms with Crippen LogP contribution in [-0.2, 0) is 9.53 Å². The minimum Gasteiger partial charge on any atom is -0.480 e. The van der Waals surface area contributed by atoms with Gasteiger partial charge in [0.2, 0.25) is 0 Å². The molecule has 0 amide bonds. The topological polar surface area (TPSA) is 61.8 Å². The molecule has 0 bridgehead atoms. The second kappa shape index (κ2) is 4.97. The van der Waals surface area contributed by atoms with E-state index in [1.54, 1.807) is 0 Å². The molecule has 3 aliphatic rings. The molecule has 2 N–H and O–H groups in total. The van der Waals surface area contributed by atoms with Gasteiger partial charge in [0.05, 0.1) is 12.2 Å². The first-order chi connectivity index (χ1) is 9.41. The molecule has 2 saturated carbocycles. The Kier molecular flexibility index (Phi) is 3.55. The molecule has 3 fully saturated rings. The fourth-order valence-electron chi connectivity index (χ4n) is 3.37. The molecule has 2 aliphatic carbocycles. The number of rotatable bonds is 6. The van der Waals surface area contributed by atoms with Crippen molar-refractivity contribution in [1.29, 1.82) is 0 Å². The Morgan fingerprint density at radius 1 is 1.40 bits per heavy atom. The van der Waals surface area contributed by atoms with Crippen LogP contribution in [0.2, 0.25) is 0 Å². The van der Waals surface area contributed by atoms with E-state index >= 15 is 0 Å². The molecule has 1 unspecified atom stereocenters. The lowest BCUT2D eigenvalue weighted by molar-refractivity contribution is -0.150. The third-order valence-corrected chi connectivity index (χ3v) is 4.67. The van der Waals surface area contributed by atoms with Gasteiger partial charge in [-0.05, 0) is 45.4 Å². The average Bonchev–Trinajstić information content (AvgIpc) is 3.21. The summed E-state index contributed by atoms with van der Waals surface area (Å²) >= 11 is 0. The van der Waals surface area contributed by atoms with Crippen LogP contribution >= 0.6 is 0 Å². The molecule has 114 valence electrons. The van der Waals surface area contributed by atoms with E-state index in [1.165, 1.54) is 0 Å². The van der Waals surface area contributed by atoms with Crippen molar-refractivity contribution >= 4 is 5.97 Å². The number of nitrogens with zero attached hydrogens (tertiary/aromatic N) is 1. The normalized spacial score (nSPS) is 29.9. The summed E-state index contributed by atoms with van der Waals surface area (Å²) in [7, 11) is 0. The van der Waals surface area contributed by atoms with E-state index in [1.807, 2.05) is 0 Å². The summed E-state index contributed by atoms with van der Waals surface area (Å²) in [6, 6.07) is 0.417. The Bertz CT molecular complexity index is 391. The summed E-state index contributed by atoms with van der Waals surface area (Å²) in [6.45, 7) is 7.09. The molecule has 0 aromatic carbocycles. The number of nitrogens with one attached hydrogen (secondary N) is 1. The van der Waals surface area contributed by atoms with Crippen molar-refractivity contribution in [3.05, 3.63) is 0 Å². The molecule has 1 aliphatic heterocycles. The quantitative estimate of drug-likeness (QED) is 0.763. The molecule has 0 aromatic rings. The first-order valence-electron chi connectivity index (χ1n) is 7.79. The standard InChI is InChI=1S/C15H26N2O3/c1-14(2)9-17(7-8-20-14)10-15(13(18)19,11-3-4-11)16-12-5-6-12/h11-12,16H,3-10H2,1-2H3,(H,18,19). The number of morpholine rings is 1. The Balaban J connectivity index is 1.73. The second-order valence-electron chi connectivity index (χ2n) is 7.29. The van der Waals surface area contributed by atoms with Gasteiger partial charge in [0.15, 0.2) is 0 Å². The van der Waals surface area contributed by atoms with Crippen molar-refractivity contribution in [3.63, 3.8) is 0 Å². The lowest BCUT2D eigenvalue weighted by Crippen LogP contribution is -2.63. The molecular weight excluding hydrogens is 256 g/mol. The van der Waals surface area contributed by atoms with Gasteiger partial charge in [-0.15, -0.1) is 0 Å². The molecule has 0 radical (unpaired) electrons. The smallest absolute Gasteiger partial charge is 0.325 e. The summed E-state index contributed by atoms with van der Waals surface area (Å²) < 4.78 is 5.73. The molecule has 0 aromatic heterocycles. The van der Waals surface area contributed by atoms with Crippen LogP contribution in [0.3, 0.4) is 0 Å². The Morgan fingerprint density at radius 3 is 2.60 bits per heavy atom. The lowest BCUT2D eigenvalue weighted by Gasteiger charge is -2.43. The van der Waals surface area contributed by atoms with E-state index in [4.69, 9.17) is 4.74 Å². The predicted molar refractivity (Wildman–Crippen MR) is 75.7 cm³/mol. The zero-order valence-electron chi connectivity index (χ0n) is 12.5. The van der Waals surface area contributed by atoms with Gasteiger partial charge in [-0.25, -0.2) is 0 Å². The van der Waals surface area contributed by atoms with E-state index in [0.717, 1.165) is 38.8 Å². The highest BCUT2D eigenvalue weighted by atomic mass is 16.5. The Labute approximate surface area is 120 Å². The molecule has 5 heteroatoms. The monoisotopic (exact) mass is 282 g/mol. The number of carboxylic acids is 1. The van der Waals surface area contributed by atoms with Gasteiger partial charge in [0, 0.05) is 25.7 Å². The minimum absolute atomic E-state index is 0.175. The molecule has 20 heavy (non-hydrogen) atoms. The number of ether oxygens (including phenoxy) is 1. The third kappa shape index (κ3) is 3.00. The molecule has 0 spiro atoms. The summed E-state index contributed by atoms with van der Waals surface area (Å²) in [5.74, 6) is -0.372. The average molecular weight is 282 g/mol. The van der Waals surface area contributed by atoms with Crippen LogP contribution in [0.5, 0.6) is 0 Å². The first kappa shape index (κ1) is 14.3. The summed E-state index contributed by atoms with van der Waals surface area (Å²) in [4.78, 5) is 14.2. The fourth-order valence-corrected chi connectivity index (χ4v) is 3.37. The zero-order valence-corrected chi connectivity index (χ0v) is 12.5. The Hall–Kier alpha value is -0.650. The molecular formula is C15H26N2O3. The second-order valence-corrected chi connectivity index (χ2v) is 7.29. The summed E-state index contributed by atoms with van der Waals surface area (Å²) in [5.41, 5.74) is -0.916. The van der Waals surface area contributed by atoms with E-state index in [-0.39, 0.29) is 5.60 Å². The molecule has 1 saturated heterocycles. The van der Waals surface area contributed by atoms with Gasteiger partial charge in [-0.1, -0.05) is 0 Å². The van der Waals surface area contributed by atoms with Crippen molar-refractivity contribution < 1.29 is 14.6 Å². The number of hydrogen-bond donors (Lipinski definition) is 2. The van der Waals surface area contributed by atoms with E-state index < -0.39 is 11.5 Å². The maximum Gasteiger partial charge on any atom is 0.325 e. The Morgan fingerprint density at radius 2 is 2.10 bits per heavy atom. The largest absolute Gasteiger partial charge is 0.480 e. The number of carbonyl (C=O) groups is 1. The van der Waals surface area contributed by atoms with E-state index in [2.05, 4.69) is 24.1 Å². The lowest BCUT2D eigenvalue weighted by atomic mass is 9.91. The predicted octanol–water partition coefficient (Wildman–Crippen LogP) is 1.08. The summed E-state index contributed by atoms with van der Waals surface area (Å²) in [6.07, 6.45) is 4.33. The first-order valence-corrected chi connectivity index (χ1v) is 7.79. The summed E-state index contributed by atoms with van der Waals surface area (Å²) in [5, 5.41) is 13.3. The minimum atomic E-state index is -0.741. The van der Waals surface area contributed by atoms with Crippen LogP contribution < -0.4 is 5.32 Å². The highest BCUT2D eigenvalue weighted by Gasteiger charge is 2.54. The molecule has 1 heterocycles. The number of carboxylic acid groups (broad SMARTS) is 1. The van der Waals surface area contributed by atoms with Gasteiger partial charge in [-0.3, -0.25) is 15.0 Å². The SMILES string of the molecule is CC1(C)CN(CC(NC2CC2)(C(=O)O)C2CC2)CCO1. The highest BCUT2D eigenvalue weighted by molar-refractivity contribution is 5.80. The van der Waals surface area contributed by atoms with Crippen LogP contribution in [0.15, 0.2) is 0 Å².